The van der Waals surface area contributed by atoms with E-state index in [-0.39, 0.29) is 18.3 Å². The van der Waals surface area contributed by atoms with Crippen LogP contribution in [-0.2, 0) is 4.79 Å². The zero-order chi connectivity index (χ0) is 24.8. The topological polar surface area (TPSA) is 83.5 Å². The number of hydrogen-bond donors (Lipinski definition) is 4. The molecule has 0 atom stereocenters. The van der Waals surface area contributed by atoms with Gasteiger partial charge in [-0.15, -0.1) is 0 Å². The number of anilines is 4. The fourth-order valence-corrected chi connectivity index (χ4v) is 4.22. The Hall–Kier alpha value is -3.84. The highest BCUT2D eigenvalue weighted by molar-refractivity contribution is 6.11. The first-order chi connectivity index (χ1) is 16.9. The van der Waals surface area contributed by atoms with Crippen molar-refractivity contribution in [1.82, 2.24) is 9.80 Å². The van der Waals surface area contributed by atoms with E-state index in [1.165, 1.54) is 0 Å². The smallest absolute Gasteiger partial charge is 0.241 e. The second-order valence-corrected chi connectivity index (χ2v) is 9.06. The highest BCUT2D eigenvalue weighted by Gasteiger charge is 2.19. The Balaban J connectivity index is 1.55. The third-order valence-corrected chi connectivity index (χ3v) is 6.37. The van der Waals surface area contributed by atoms with Crippen molar-refractivity contribution < 1.29 is 4.79 Å². The summed E-state index contributed by atoms with van der Waals surface area (Å²) in [6.07, 6.45) is 0. The van der Waals surface area contributed by atoms with Crippen LogP contribution in [0.4, 0.5) is 22.7 Å². The van der Waals surface area contributed by atoms with Crippen LogP contribution in [0.25, 0.3) is 0 Å². The van der Waals surface area contributed by atoms with Gasteiger partial charge in [0.2, 0.25) is 5.91 Å². The lowest BCUT2D eigenvalue weighted by atomic mass is 10.1. The molecular weight excluding hydrogens is 436 g/mol. The molecule has 0 aliphatic carbocycles. The van der Waals surface area contributed by atoms with Gasteiger partial charge in [0.15, 0.2) is 0 Å². The van der Waals surface area contributed by atoms with E-state index in [1.807, 2.05) is 85.5 Å². The van der Waals surface area contributed by atoms with Gasteiger partial charge in [0.25, 0.3) is 0 Å². The largest absolute Gasteiger partial charge is 0.375 e. The molecule has 3 aromatic rings. The quantitative estimate of drug-likeness (QED) is 0.298. The Kier molecular flexibility index (Phi) is 7.67. The third kappa shape index (κ3) is 6.19. The molecule has 1 aliphatic heterocycles. The summed E-state index contributed by atoms with van der Waals surface area (Å²) in [6, 6.07) is 21.8. The van der Waals surface area contributed by atoms with Gasteiger partial charge >= 0.3 is 0 Å². The number of piperazine rings is 1. The number of amides is 1. The Morgan fingerprint density at radius 2 is 1.57 bits per heavy atom. The van der Waals surface area contributed by atoms with Crippen molar-refractivity contribution in [3.05, 3.63) is 83.4 Å². The number of rotatable bonds is 7. The van der Waals surface area contributed by atoms with Crippen LogP contribution in [0.1, 0.15) is 16.7 Å². The van der Waals surface area contributed by atoms with Gasteiger partial charge < -0.3 is 25.8 Å². The summed E-state index contributed by atoms with van der Waals surface area (Å²) in [7, 11) is 2.08. The first kappa shape index (κ1) is 24.3. The Morgan fingerprint density at radius 3 is 2.26 bits per heavy atom. The average Bonchev–Trinajstić information content (AvgIpc) is 2.86. The molecule has 1 saturated heterocycles. The first-order valence-electron chi connectivity index (χ1n) is 12.0. The molecule has 0 unspecified atom stereocenters. The van der Waals surface area contributed by atoms with Crippen LogP contribution in [-0.4, -0.2) is 61.3 Å². The van der Waals surface area contributed by atoms with Crippen LogP contribution >= 0.6 is 0 Å². The zero-order valence-electron chi connectivity index (χ0n) is 20.7. The molecule has 1 heterocycles. The molecule has 0 radical (unpaired) electrons. The van der Waals surface area contributed by atoms with Gasteiger partial charge in [0.05, 0.1) is 6.54 Å². The van der Waals surface area contributed by atoms with Gasteiger partial charge in [-0.2, -0.15) is 0 Å². The van der Waals surface area contributed by atoms with Gasteiger partial charge in [-0.05, 0) is 62.4 Å². The Bertz CT molecular complexity index is 1170. The highest BCUT2D eigenvalue weighted by atomic mass is 16.2. The van der Waals surface area contributed by atoms with E-state index in [2.05, 4.69) is 27.9 Å². The van der Waals surface area contributed by atoms with E-state index in [9.17, 15) is 4.79 Å². The van der Waals surface area contributed by atoms with Crippen molar-refractivity contribution in [2.24, 2.45) is 0 Å². The van der Waals surface area contributed by atoms with Crippen molar-refractivity contribution in [3.63, 3.8) is 0 Å². The van der Waals surface area contributed by atoms with E-state index >= 15 is 0 Å². The van der Waals surface area contributed by atoms with Gasteiger partial charge in [0, 0.05) is 54.5 Å². The molecule has 7 heteroatoms. The molecule has 0 aromatic heterocycles. The SMILES string of the molecule is Cc1cccc(C)c1NC(=N)c1ccc(Nc2ccccc2)cc1NCC(=O)N1CCN(C)CC1. The second-order valence-electron chi connectivity index (χ2n) is 9.06. The normalized spacial score (nSPS) is 13.9. The predicted molar refractivity (Wildman–Crippen MR) is 145 cm³/mol. The fraction of sp³-hybridized carbons (Fsp3) is 0.286. The maximum Gasteiger partial charge on any atom is 0.241 e. The molecule has 0 spiro atoms. The van der Waals surface area contributed by atoms with Gasteiger partial charge in [-0.3, -0.25) is 10.2 Å². The summed E-state index contributed by atoms with van der Waals surface area (Å²) in [5.74, 6) is 0.350. The summed E-state index contributed by atoms with van der Waals surface area (Å²) >= 11 is 0. The average molecular weight is 471 g/mol. The monoisotopic (exact) mass is 470 g/mol. The predicted octanol–water partition coefficient (Wildman–Crippen LogP) is 4.67. The molecule has 35 heavy (non-hydrogen) atoms. The van der Waals surface area contributed by atoms with E-state index in [1.54, 1.807) is 0 Å². The number of nitrogens with zero attached hydrogens (tertiary/aromatic N) is 2. The summed E-state index contributed by atoms with van der Waals surface area (Å²) in [4.78, 5) is 17.0. The minimum atomic E-state index is 0.0692. The summed E-state index contributed by atoms with van der Waals surface area (Å²) in [5.41, 5.74) is 6.39. The van der Waals surface area contributed by atoms with Crippen molar-refractivity contribution >= 4 is 34.5 Å². The van der Waals surface area contributed by atoms with Gasteiger partial charge in [0.1, 0.15) is 5.84 Å². The maximum atomic E-state index is 12.9. The number of para-hydroxylation sites is 2. The maximum absolute atomic E-state index is 12.9. The lowest BCUT2D eigenvalue weighted by Crippen LogP contribution is -2.48. The van der Waals surface area contributed by atoms with Gasteiger partial charge in [-0.25, -0.2) is 0 Å². The molecule has 1 amide bonds. The minimum Gasteiger partial charge on any atom is -0.375 e. The van der Waals surface area contributed by atoms with Crippen molar-refractivity contribution in [1.29, 1.82) is 5.41 Å². The van der Waals surface area contributed by atoms with Crippen LogP contribution in [0.5, 0.6) is 0 Å². The van der Waals surface area contributed by atoms with E-state index in [4.69, 9.17) is 5.41 Å². The number of nitrogens with one attached hydrogen (secondary N) is 4. The minimum absolute atomic E-state index is 0.0692. The molecular formula is C28H34N6O. The highest BCUT2D eigenvalue weighted by Crippen LogP contribution is 2.26. The number of amidine groups is 1. The Morgan fingerprint density at radius 1 is 0.886 bits per heavy atom. The zero-order valence-corrected chi connectivity index (χ0v) is 20.7. The lowest BCUT2D eigenvalue weighted by Gasteiger charge is -2.32. The number of aryl methyl sites for hydroxylation is 2. The first-order valence-corrected chi connectivity index (χ1v) is 12.0. The standard InChI is InChI=1S/C28H34N6O/c1-20-8-7-9-21(2)27(20)32-28(29)24-13-12-23(31-22-10-5-4-6-11-22)18-25(24)30-19-26(35)34-16-14-33(3)15-17-34/h4-13,18,30-31H,14-17,19H2,1-3H3,(H2,29,32). The molecule has 3 aromatic carbocycles. The molecule has 4 rings (SSSR count). The summed E-state index contributed by atoms with van der Waals surface area (Å²) in [5, 5.41) is 18.8. The molecule has 182 valence electrons. The summed E-state index contributed by atoms with van der Waals surface area (Å²) in [6.45, 7) is 7.50. The van der Waals surface area contributed by atoms with Crippen LogP contribution in [0.3, 0.4) is 0 Å². The Labute approximate surface area is 207 Å². The summed E-state index contributed by atoms with van der Waals surface area (Å²) < 4.78 is 0. The fourth-order valence-electron chi connectivity index (χ4n) is 4.22. The number of carbonyl (C=O) groups is 1. The van der Waals surface area contributed by atoms with Crippen LogP contribution in [0.15, 0.2) is 66.7 Å². The lowest BCUT2D eigenvalue weighted by molar-refractivity contribution is -0.130. The van der Waals surface area contributed by atoms with E-state index in [0.29, 0.717) is 5.56 Å². The van der Waals surface area contributed by atoms with Crippen molar-refractivity contribution in [3.8, 4) is 0 Å². The molecule has 7 nitrogen and oxygen atoms in total. The number of benzene rings is 3. The van der Waals surface area contributed by atoms with Crippen molar-refractivity contribution in [2.45, 2.75) is 13.8 Å². The number of hydrogen-bond acceptors (Lipinski definition) is 5. The van der Waals surface area contributed by atoms with E-state index < -0.39 is 0 Å². The van der Waals surface area contributed by atoms with Crippen molar-refractivity contribution in [2.75, 3.05) is 55.7 Å². The number of likely N-dealkylation sites (N-methyl/N-ethyl adjacent to an activating group) is 1. The molecule has 1 fully saturated rings. The molecule has 1 aliphatic rings. The number of carbonyl (C=O) groups excluding carboxylic acids is 1. The molecule has 4 N–H and O–H groups in total. The second kappa shape index (κ2) is 11.1. The van der Waals surface area contributed by atoms with Crippen LogP contribution in [0, 0.1) is 19.3 Å². The molecule has 0 saturated carbocycles. The third-order valence-electron chi connectivity index (χ3n) is 6.37. The van der Waals surface area contributed by atoms with Crippen LogP contribution in [0.2, 0.25) is 0 Å². The molecule has 0 bridgehead atoms. The van der Waals surface area contributed by atoms with Crippen LogP contribution < -0.4 is 16.0 Å². The van der Waals surface area contributed by atoms with E-state index in [0.717, 1.165) is 60.1 Å². The van der Waals surface area contributed by atoms with Gasteiger partial charge in [-0.1, -0.05) is 36.4 Å².